The lowest BCUT2D eigenvalue weighted by Crippen LogP contribution is -2.35. The van der Waals surface area contributed by atoms with Gasteiger partial charge >= 0.3 is 0 Å². The number of carbonyl (C=O) groups excluding carboxylic acids is 1. The minimum atomic E-state index is -0.288. The Morgan fingerprint density at radius 1 is 0.972 bits per heavy atom. The zero-order valence-electron chi connectivity index (χ0n) is 21.2. The second kappa shape index (κ2) is 13.2. The maximum absolute atomic E-state index is 12.8. The minimum Gasteiger partial charge on any atom is -0.360 e. The molecule has 0 aliphatic heterocycles. The number of carbonyl (C=O) groups is 1. The molecule has 0 radical (unpaired) electrons. The van der Waals surface area contributed by atoms with Crippen LogP contribution in [0.1, 0.15) is 76.2 Å². The molecular weight excluding hydrogens is 464 g/mol. The zero-order valence-corrected chi connectivity index (χ0v) is 22.0. The molecule has 0 atom stereocenters. The lowest BCUT2D eigenvalue weighted by Gasteiger charge is -2.19. The molecule has 1 saturated carbocycles. The van der Waals surface area contributed by atoms with E-state index in [1.807, 2.05) is 24.3 Å². The van der Waals surface area contributed by atoms with Gasteiger partial charge in [0.2, 0.25) is 0 Å². The Kier molecular flexibility index (Phi) is 9.52. The third-order valence-corrected chi connectivity index (χ3v) is 7.93. The summed E-state index contributed by atoms with van der Waals surface area (Å²) in [5.41, 5.74) is 4.21. The molecule has 1 aromatic heterocycles. The van der Waals surface area contributed by atoms with Crippen molar-refractivity contribution >= 4 is 33.1 Å². The molecule has 0 saturated heterocycles. The maximum atomic E-state index is 12.8. The molecule has 0 spiro atoms. The van der Waals surface area contributed by atoms with Crippen molar-refractivity contribution in [3.8, 4) is 16.6 Å². The SMILES string of the molecule is Cc1ccc2nc(-c3ccc(N/C=C(/C#N)C(=O)NC4CCCCCCCCCCC4)cc3)sc2c1. The van der Waals surface area contributed by atoms with E-state index in [2.05, 4.69) is 41.8 Å². The monoisotopic (exact) mass is 500 g/mol. The summed E-state index contributed by atoms with van der Waals surface area (Å²) in [6, 6.07) is 16.4. The van der Waals surface area contributed by atoms with Gasteiger partial charge in [-0.05, 0) is 61.7 Å². The molecular formula is C30H36N4OS. The molecule has 2 N–H and O–H groups in total. The van der Waals surface area contributed by atoms with Crippen LogP contribution in [0.2, 0.25) is 0 Å². The third-order valence-electron chi connectivity index (χ3n) is 6.86. The van der Waals surface area contributed by atoms with Crippen LogP contribution in [-0.2, 0) is 4.79 Å². The molecule has 1 fully saturated rings. The number of benzene rings is 2. The van der Waals surface area contributed by atoms with Crippen molar-refractivity contribution in [3.63, 3.8) is 0 Å². The van der Waals surface area contributed by atoms with Gasteiger partial charge in [-0.3, -0.25) is 4.79 Å². The average molecular weight is 501 g/mol. The number of amides is 1. The van der Waals surface area contributed by atoms with Crippen molar-refractivity contribution in [1.29, 1.82) is 5.26 Å². The number of nitrogens with zero attached hydrogens (tertiary/aromatic N) is 2. The van der Waals surface area contributed by atoms with Gasteiger partial charge in [-0.15, -0.1) is 11.3 Å². The molecule has 1 aliphatic rings. The van der Waals surface area contributed by atoms with Gasteiger partial charge in [0.25, 0.3) is 5.91 Å². The number of thiazole rings is 1. The van der Waals surface area contributed by atoms with Gasteiger partial charge in [0.05, 0.1) is 10.2 Å². The average Bonchev–Trinajstić information content (AvgIpc) is 3.29. The smallest absolute Gasteiger partial charge is 0.263 e. The van der Waals surface area contributed by atoms with Crippen LogP contribution in [0.3, 0.4) is 0 Å². The highest BCUT2D eigenvalue weighted by atomic mass is 32.1. The van der Waals surface area contributed by atoms with Gasteiger partial charge in [-0.1, -0.05) is 63.9 Å². The summed E-state index contributed by atoms with van der Waals surface area (Å²) >= 11 is 1.68. The van der Waals surface area contributed by atoms with E-state index >= 15 is 0 Å². The lowest BCUT2D eigenvalue weighted by atomic mass is 9.98. The number of hydrogen-bond donors (Lipinski definition) is 2. The van der Waals surface area contributed by atoms with Gasteiger partial charge < -0.3 is 10.6 Å². The minimum absolute atomic E-state index is 0.103. The molecule has 5 nitrogen and oxygen atoms in total. The van der Waals surface area contributed by atoms with Gasteiger partial charge in [0.1, 0.15) is 16.6 Å². The summed E-state index contributed by atoms with van der Waals surface area (Å²) < 4.78 is 1.18. The van der Waals surface area contributed by atoms with Crippen molar-refractivity contribution in [2.45, 2.75) is 83.6 Å². The predicted octanol–water partition coefficient (Wildman–Crippen LogP) is 7.88. The molecule has 1 amide bonds. The number of anilines is 1. The first-order valence-corrected chi connectivity index (χ1v) is 14.1. The Hall–Kier alpha value is -3.17. The fourth-order valence-electron chi connectivity index (χ4n) is 4.74. The number of nitriles is 1. The molecule has 4 rings (SSSR count). The molecule has 1 heterocycles. The highest BCUT2D eigenvalue weighted by Gasteiger charge is 2.16. The summed E-state index contributed by atoms with van der Waals surface area (Å²) in [5.74, 6) is -0.288. The van der Waals surface area contributed by atoms with Gasteiger partial charge in [-0.2, -0.15) is 5.26 Å². The van der Waals surface area contributed by atoms with Crippen molar-refractivity contribution < 1.29 is 4.79 Å². The summed E-state index contributed by atoms with van der Waals surface area (Å²) in [6.07, 6.45) is 14.8. The number of fused-ring (bicyclic) bond motifs is 1. The summed E-state index contributed by atoms with van der Waals surface area (Å²) in [7, 11) is 0. The first kappa shape index (κ1) is 25.9. The van der Waals surface area contributed by atoms with E-state index in [0.717, 1.165) is 47.5 Å². The fourth-order valence-corrected chi connectivity index (χ4v) is 5.81. The van der Waals surface area contributed by atoms with Crippen molar-refractivity contribution in [3.05, 3.63) is 59.8 Å². The zero-order chi connectivity index (χ0) is 25.2. The maximum Gasteiger partial charge on any atom is 0.263 e. The van der Waals surface area contributed by atoms with Crippen LogP contribution in [0, 0.1) is 18.3 Å². The number of aryl methyl sites for hydroxylation is 1. The summed E-state index contributed by atoms with van der Waals surface area (Å²) in [6.45, 7) is 2.09. The quantitative estimate of drug-likeness (QED) is 0.276. The largest absolute Gasteiger partial charge is 0.360 e. The van der Waals surface area contributed by atoms with Crippen LogP contribution in [0.15, 0.2) is 54.2 Å². The number of hydrogen-bond acceptors (Lipinski definition) is 5. The van der Waals surface area contributed by atoms with Crippen LogP contribution in [0.5, 0.6) is 0 Å². The standard InChI is InChI=1S/C30H36N4OS/c1-22-13-18-27-28(19-22)36-30(34-27)23-14-16-25(17-15-23)32-21-24(20-31)29(35)33-26-11-9-7-5-3-2-4-6-8-10-12-26/h13-19,21,26,32H,2-12H2,1H3,(H,33,35)/b24-21-. The van der Waals surface area contributed by atoms with E-state index in [0.29, 0.717) is 0 Å². The van der Waals surface area contributed by atoms with Gasteiger partial charge in [-0.25, -0.2) is 4.98 Å². The number of aromatic nitrogens is 1. The number of rotatable bonds is 5. The first-order chi connectivity index (χ1) is 17.6. The van der Waals surface area contributed by atoms with Crippen molar-refractivity contribution in [1.82, 2.24) is 10.3 Å². The van der Waals surface area contributed by atoms with Crippen LogP contribution < -0.4 is 10.6 Å². The second-order valence-corrected chi connectivity index (χ2v) is 10.8. The molecule has 6 heteroatoms. The molecule has 0 unspecified atom stereocenters. The summed E-state index contributed by atoms with van der Waals surface area (Å²) in [5, 5.41) is 16.8. The Balaban J connectivity index is 1.35. The normalized spacial score (nSPS) is 16.5. The van der Waals surface area contributed by atoms with Crippen LogP contribution in [-0.4, -0.2) is 16.9 Å². The van der Waals surface area contributed by atoms with Gasteiger partial charge in [0.15, 0.2) is 0 Å². The first-order valence-electron chi connectivity index (χ1n) is 13.3. The van der Waals surface area contributed by atoms with Gasteiger partial charge in [0, 0.05) is 23.5 Å². The lowest BCUT2D eigenvalue weighted by molar-refractivity contribution is -0.117. The molecule has 1 aliphatic carbocycles. The Bertz CT molecular complexity index is 1210. The van der Waals surface area contributed by atoms with Crippen LogP contribution in [0.4, 0.5) is 5.69 Å². The molecule has 188 valence electrons. The van der Waals surface area contributed by atoms with Crippen LogP contribution >= 0.6 is 11.3 Å². The highest BCUT2D eigenvalue weighted by Crippen LogP contribution is 2.31. The van der Waals surface area contributed by atoms with E-state index < -0.39 is 0 Å². The van der Waals surface area contributed by atoms with E-state index in [1.165, 1.54) is 61.4 Å². The highest BCUT2D eigenvalue weighted by molar-refractivity contribution is 7.21. The van der Waals surface area contributed by atoms with Crippen LogP contribution in [0.25, 0.3) is 20.8 Å². The van der Waals surface area contributed by atoms with E-state index in [1.54, 1.807) is 11.3 Å². The van der Waals surface area contributed by atoms with Crippen molar-refractivity contribution in [2.24, 2.45) is 0 Å². The summed E-state index contributed by atoms with van der Waals surface area (Å²) in [4.78, 5) is 17.6. The molecule has 3 aromatic rings. The predicted molar refractivity (Wildman–Crippen MR) is 150 cm³/mol. The third kappa shape index (κ3) is 7.41. The second-order valence-electron chi connectivity index (χ2n) is 9.81. The topological polar surface area (TPSA) is 77.8 Å². The Morgan fingerprint density at radius 3 is 2.25 bits per heavy atom. The fraction of sp³-hybridized carbons (Fsp3) is 0.433. The van der Waals surface area contributed by atoms with Crippen molar-refractivity contribution in [2.75, 3.05) is 5.32 Å². The van der Waals surface area contributed by atoms with E-state index in [4.69, 9.17) is 4.98 Å². The number of nitrogens with one attached hydrogen (secondary N) is 2. The molecule has 0 bridgehead atoms. The van der Waals surface area contributed by atoms with E-state index in [-0.39, 0.29) is 17.5 Å². The Morgan fingerprint density at radius 2 is 1.61 bits per heavy atom. The Labute approximate surface area is 218 Å². The van der Waals surface area contributed by atoms with E-state index in [9.17, 15) is 10.1 Å². The molecule has 36 heavy (non-hydrogen) atoms. The molecule has 2 aromatic carbocycles.